The van der Waals surface area contributed by atoms with E-state index in [1.807, 2.05) is 44.2 Å². The lowest BCUT2D eigenvalue weighted by atomic mass is 10.1. The van der Waals surface area contributed by atoms with E-state index >= 15 is 0 Å². The first-order chi connectivity index (χ1) is 12.3. The largest absolute Gasteiger partial charge is 0.349 e. The molecule has 0 heterocycles. The Morgan fingerprint density at radius 1 is 1.04 bits per heavy atom. The average Bonchev–Trinajstić information content (AvgIpc) is 2.55. The van der Waals surface area contributed by atoms with E-state index in [-0.39, 0.29) is 23.1 Å². The summed E-state index contributed by atoms with van der Waals surface area (Å²) < 4.78 is 0. The molecule has 0 aliphatic heterocycles. The lowest BCUT2D eigenvalue weighted by molar-refractivity contribution is -0.121. The SMILES string of the molecule is CC(=O)Nc1ccc(S[C@H](C)C(=O)N[C@H](C)c2ccc(Cl)cc2Cl)cc1. The van der Waals surface area contributed by atoms with E-state index in [1.165, 1.54) is 18.7 Å². The maximum Gasteiger partial charge on any atom is 0.233 e. The normalized spacial score (nSPS) is 13.0. The van der Waals surface area contributed by atoms with E-state index in [9.17, 15) is 9.59 Å². The van der Waals surface area contributed by atoms with E-state index < -0.39 is 0 Å². The second kappa shape index (κ2) is 9.31. The van der Waals surface area contributed by atoms with Crippen molar-refractivity contribution in [3.8, 4) is 0 Å². The van der Waals surface area contributed by atoms with Gasteiger partial charge < -0.3 is 10.6 Å². The summed E-state index contributed by atoms with van der Waals surface area (Å²) in [7, 11) is 0. The smallest absolute Gasteiger partial charge is 0.233 e. The molecule has 2 aromatic rings. The Morgan fingerprint density at radius 2 is 1.69 bits per heavy atom. The zero-order chi connectivity index (χ0) is 19.3. The van der Waals surface area contributed by atoms with Gasteiger partial charge in [-0.25, -0.2) is 0 Å². The molecular weight excluding hydrogens is 391 g/mol. The van der Waals surface area contributed by atoms with Crippen LogP contribution in [0.4, 0.5) is 5.69 Å². The van der Waals surface area contributed by atoms with Crippen LogP contribution in [0.15, 0.2) is 47.4 Å². The molecule has 0 fully saturated rings. The molecule has 0 radical (unpaired) electrons. The summed E-state index contributed by atoms with van der Waals surface area (Å²) in [5.74, 6) is -0.201. The minimum absolute atomic E-state index is 0.0838. The minimum Gasteiger partial charge on any atom is -0.349 e. The molecule has 0 saturated heterocycles. The summed E-state index contributed by atoms with van der Waals surface area (Å²) in [4.78, 5) is 24.4. The molecule has 2 rings (SSSR count). The maximum atomic E-state index is 12.5. The van der Waals surface area contributed by atoms with Gasteiger partial charge in [-0.2, -0.15) is 0 Å². The fourth-order valence-corrected chi connectivity index (χ4v) is 3.79. The lowest BCUT2D eigenvalue weighted by Crippen LogP contribution is -2.33. The Hall–Kier alpha value is -1.69. The summed E-state index contributed by atoms with van der Waals surface area (Å²) in [6, 6.07) is 12.4. The van der Waals surface area contributed by atoms with E-state index in [2.05, 4.69) is 10.6 Å². The van der Waals surface area contributed by atoms with E-state index in [1.54, 1.807) is 12.1 Å². The first-order valence-corrected chi connectivity index (χ1v) is 9.69. The van der Waals surface area contributed by atoms with Gasteiger partial charge in [0.25, 0.3) is 0 Å². The Bertz CT molecular complexity index is 797. The van der Waals surface area contributed by atoms with Crippen LogP contribution in [-0.4, -0.2) is 17.1 Å². The highest BCUT2D eigenvalue weighted by atomic mass is 35.5. The van der Waals surface area contributed by atoms with E-state index in [0.29, 0.717) is 10.0 Å². The van der Waals surface area contributed by atoms with E-state index in [0.717, 1.165) is 16.1 Å². The molecule has 2 amide bonds. The van der Waals surface area contributed by atoms with Crippen molar-refractivity contribution in [1.82, 2.24) is 5.32 Å². The average molecular weight is 411 g/mol. The number of nitrogens with one attached hydrogen (secondary N) is 2. The summed E-state index contributed by atoms with van der Waals surface area (Å²) in [6.07, 6.45) is 0. The molecule has 0 aliphatic rings. The molecule has 7 heteroatoms. The van der Waals surface area contributed by atoms with Crippen LogP contribution in [0.5, 0.6) is 0 Å². The zero-order valence-electron chi connectivity index (χ0n) is 14.7. The summed E-state index contributed by atoms with van der Waals surface area (Å²) in [5, 5.41) is 6.49. The number of anilines is 1. The van der Waals surface area contributed by atoms with Crippen molar-refractivity contribution in [3.63, 3.8) is 0 Å². The molecule has 4 nitrogen and oxygen atoms in total. The van der Waals surface area contributed by atoms with Crippen molar-refractivity contribution >= 4 is 52.5 Å². The van der Waals surface area contributed by atoms with Gasteiger partial charge in [-0.3, -0.25) is 9.59 Å². The van der Waals surface area contributed by atoms with Crippen molar-refractivity contribution in [3.05, 3.63) is 58.1 Å². The molecule has 0 bridgehead atoms. The summed E-state index contributed by atoms with van der Waals surface area (Å²) >= 11 is 13.6. The number of rotatable bonds is 6. The molecule has 0 aliphatic carbocycles. The van der Waals surface area contributed by atoms with Gasteiger partial charge in [0.15, 0.2) is 0 Å². The molecule has 2 aromatic carbocycles. The molecule has 0 aromatic heterocycles. The van der Waals surface area contributed by atoms with Crippen LogP contribution >= 0.6 is 35.0 Å². The second-order valence-corrected chi connectivity index (χ2v) is 8.12. The topological polar surface area (TPSA) is 58.2 Å². The number of hydrogen-bond donors (Lipinski definition) is 2. The zero-order valence-corrected chi connectivity index (χ0v) is 17.0. The number of hydrogen-bond acceptors (Lipinski definition) is 3. The van der Waals surface area contributed by atoms with Crippen molar-refractivity contribution < 1.29 is 9.59 Å². The van der Waals surface area contributed by atoms with Crippen molar-refractivity contribution in [1.29, 1.82) is 0 Å². The highest BCUT2D eigenvalue weighted by Gasteiger charge is 2.18. The minimum atomic E-state index is -0.282. The number of thioether (sulfide) groups is 1. The van der Waals surface area contributed by atoms with Crippen molar-refractivity contribution in [2.45, 2.75) is 37.0 Å². The lowest BCUT2D eigenvalue weighted by Gasteiger charge is -2.19. The molecule has 26 heavy (non-hydrogen) atoms. The number of carbonyl (C=O) groups excluding carboxylic acids is 2. The molecule has 0 saturated carbocycles. The van der Waals surface area contributed by atoms with Gasteiger partial charge in [0.05, 0.1) is 11.3 Å². The molecule has 0 unspecified atom stereocenters. The van der Waals surface area contributed by atoms with Gasteiger partial charge in [0.2, 0.25) is 11.8 Å². The number of amides is 2. The van der Waals surface area contributed by atoms with Crippen LogP contribution in [0.2, 0.25) is 10.0 Å². The van der Waals surface area contributed by atoms with E-state index in [4.69, 9.17) is 23.2 Å². The Labute approximate surface area is 167 Å². The number of carbonyl (C=O) groups is 2. The van der Waals surface area contributed by atoms with Crippen LogP contribution in [0.25, 0.3) is 0 Å². The molecule has 2 atom stereocenters. The van der Waals surface area contributed by atoms with Crippen molar-refractivity contribution in [2.75, 3.05) is 5.32 Å². The van der Waals surface area contributed by atoms with Crippen molar-refractivity contribution in [2.24, 2.45) is 0 Å². The third-order valence-electron chi connectivity index (χ3n) is 3.64. The number of benzene rings is 2. The quantitative estimate of drug-likeness (QED) is 0.634. The predicted octanol–water partition coefficient (Wildman–Crippen LogP) is 5.31. The standard InChI is InChI=1S/C19H20Cl2N2O2S/c1-11(17-9-4-14(20)10-18(17)21)22-19(25)12(2)26-16-7-5-15(6-8-16)23-13(3)24/h4-12H,1-3H3,(H,22,25)(H,23,24)/t11-,12-/m1/s1. The molecular formula is C19H20Cl2N2O2S. The Balaban J connectivity index is 1.95. The van der Waals surface area contributed by atoms with Gasteiger partial charge in [0, 0.05) is 27.6 Å². The third kappa shape index (κ3) is 5.94. The molecule has 0 spiro atoms. The van der Waals surface area contributed by atoms with Gasteiger partial charge >= 0.3 is 0 Å². The highest BCUT2D eigenvalue weighted by Crippen LogP contribution is 2.28. The van der Waals surface area contributed by atoms with Crippen LogP contribution in [-0.2, 0) is 9.59 Å². The second-order valence-electron chi connectivity index (χ2n) is 5.86. The fourth-order valence-electron chi connectivity index (χ4n) is 2.34. The molecule has 2 N–H and O–H groups in total. The van der Waals surface area contributed by atoms with Gasteiger partial charge in [0.1, 0.15) is 0 Å². The maximum absolute atomic E-state index is 12.5. The number of halogens is 2. The summed E-state index contributed by atoms with van der Waals surface area (Å²) in [6.45, 7) is 5.19. The van der Waals surface area contributed by atoms with Crippen LogP contribution in [0, 0.1) is 0 Å². The Morgan fingerprint density at radius 3 is 2.27 bits per heavy atom. The summed E-state index contributed by atoms with van der Waals surface area (Å²) in [5.41, 5.74) is 1.55. The van der Waals surface area contributed by atoms with Crippen LogP contribution in [0.1, 0.15) is 32.4 Å². The van der Waals surface area contributed by atoms with Gasteiger partial charge in [-0.15, -0.1) is 11.8 Å². The first kappa shape index (κ1) is 20.6. The Kier molecular flexibility index (Phi) is 7.38. The fraction of sp³-hybridized carbons (Fsp3) is 0.263. The molecule has 138 valence electrons. The van der Waals surface area contributed by atoms with Gasteiger partial charge in [-0.05, 0) is 55.8 Å². The highest BCUT2D eigenvalue weighted by molar-refractivity contribution is 8.00. The van der Waals surface area contributed by atoms with Crippen LogP contribution < -0.4 is 10.6 Å². The van der Waals surface area contributed by atoms with Gasteiger partial charge in [-0.1, -0.05) is 29.3 Å². The third-order valence-corrected chi connectivity index (χ3v) is 5.32. The predicted molar refractivity (Wildman–Crippen MR) is 109 cm³/mol. The first-order valence-electron chi connectivity index (χ1n) is 8.06. The monoisotopic (exact) mass is 410 g/mol. The van der Waals surface area contributed by atoms with Crippen LogP contribution in [0.3, 0.4) is 0 Å².